The van der Waals surface area contributed by atoms with Crippen molar-refractivity contribution in [2.24, 2.45) is 0 Å². The zero-order valence-corrected chi connectivity index (χ0v) is 24.8. The molecule has 2 aliphatic rings. The first kappa shape index (κ1) is 32.8. The molecule has 2 amide bonds. The van der Waals surface area contributed by atoms with E-state index in [2.05, 4.69) is 42.8 Å². The van der Waals surface area contributed by atoms with Crippen LogP contribution in [-0.4, -0.2) is 55.4 Å². The van der Waals surface area contributed by atoms with Crippen molar-refractivity contribution in [3.63, 3.8) is 0 Å². The number of sulfonamides is 1. The van der Waals surface area contributed by atoms with Crippen molar-refractivity contribution in [3.05, 3.63) is 64.7 Å². The minimum Gasteiger partial charge on any atom is -0.353 e. The summed E-state index contributed by atoms with van der Waals surface area (Å²) in [5.74, 6) is -6.45. The second-order valence-electron chi connectivity index (χ2n) is 11.9. The molecule has 0 aromatic heterocycles. The highest BCUT2D eigenvalue weighted by molar-refractivity contribution is 7.89. The average molecular weight is 631 g/mol. The predicted molar refractivity (Wildman–Crippen MR) is 149 cm³/mol. The van der Waals surface area contributed by atoms with Gasteiger partial charge in [-0.1, -0.05) is 30.3 Å². The van der Waals surface area contributed by atoms with E-state index in [1.54, 1.807) is 0 Å². The van der Waals surface area contributed by atoms with Gasteiger partial charge in [-0.3, -0.25) is 9.59 Å². The second-order valence-corrected chi connectivity index (χ2v) is 13.8. The molecule has 2 aromatic rings. The van der Waals surface area contributed by atoms with Crippen molar-refractivity contribution in [2.75, 3.05) is 13.1 Å². The zero-order valence-electron chi connectivity index (χ0n) is 24.0. The number of carbonyl (C=O) groups excluding carboxylic acids is 2. The third-order valence-electron chi connectivity index (χ3n) is 7.52. The Labute approximate surface area is 247 Å². The number of nitrogens with zero attached hydrogens (tertiary/aromatic N) is 1. The normalized spacial score (nSPS) is 20.3. The van der Waals surface area contributed by atoms with E-state index in [-0.39, 0.29) is 24.7 Å². The molecule has 1 saturated heterocycles. The molecule has 0 bridgehead atoms. The van der Waals surface area contributed by atoms with E-state index in [1.807, 2.05) is 12.1 Å². The van der Waals surface area contributed by atoms with Crippen molar-refractivity contribution in [1.29, 1.82) is 0 Å². The van der Waals surface area contributed by atoms with Gasteiger partial charge in [-0.15, -0.1) is 0 Å². The van der Waals surface area contributed by atoms with Gasteiger partial charge < -0.3 is 16.0 Å². The largest absolute Gasteiger partial charge is 0.458 e. The number of benzene rings is 2. The standard InChI is InChI=1S/C29H35F5N4O4S/c1-27(2,3)36-17-18-7-12-22-19(15-18)5-4-6-23(22)37-25(39)16-24-26(40)35-13-14-38(24)43(41,42)21-10-8-20(9-11-21)28(30,31)29(32,33)34/h7-12,15,23-24,36H,4-6,13-14,16-17H2,1-3H3,(H,35,40)(H,37,39)/t23-,24-/m1/s1. The topological polar surface area (TPSA) is 108 Å². The van der Waals surface area contributed by atoms with Gasteiger partial charge in [0.25, 0.3) is 0 Å². The van der Waals surface area contributed by atoms with Gasteiger partial charge in [0.05, 0.1) is 17.4 Å². The number of halogens is 5. The van der Waals surface area contributed by atoms with Gasteiger partial charge >= 0.3 is 12.1 Å². The number of carbonyl (C=O) groups is 2. The minimum absolute atomic E-state index is 0.0512. The number of aryl methyl sites for hydroxylation is 1. The highest BCUT2D eigenvalue weighted by atomic mass is 32.2. The Morgan fingerprint density at radius 1 is 1.05 bits per heavy atom. The molecule has 1 fully saturated rings. The zero-order chi connectivity index (χ0) is 31.8. The first-order valence-electron chi connectivity index (χ1n) is 13.9. The average Bonchev–Trinajstić information content (AvgIpc) is 2.92. The maximum absolute atomic E-state index is 13.7. The van der Waals surface area contributed by atoms with Crippen molar-refractivity contribution < 1.29 is 40.0 Å². The summed E-state index contributed by atoms with van der Waals surface area (Å²) in [6.45, 7) is 6.62. The monoisotopic (exact) mass is 630 g/mol. The molecule has 2 atom stereocenters. The van der Waals surface area contributed by atoms with Crippen LogP contribution in [0.25, 0.3) is 0 Å². The Bertz CT molecular complexity index is 1460. The first-order chi connectivity index (χ1) is 19.9. The van der Waals surface area contributed by atoms with E-state index in [4.69, 9.17) is 0 Å². The van der Waals surface area contributed by atoms with Gasteiger partial charge in [0.2, 0.25) is 21.8 Å². The molecular formula is C29H35F5N4O4S. The Morgan fingerprint density at radius 3 is 2.35 bits per heavy atom. The number of hydrogen-bond donors (Lipinski definition) is 3. The van der Waals surface area contributed by atoms with Crippen LogP contribution in [0, 0.1) is 0 Å². The highest BCUT2D eigenvalue weighted by Gasteiger charge is 2.58. The molecule has 14 heteroatoms. The quantitative estimate of drug-likeness (QED) is 0.377. The number of alkyl halides is 5. The summed E-state index contributed by atoms with van der Waals surface area (Å²) in [6.07, 6.45) is -4.04. The lowest BCUT2D eigenvalue weighted by atomic mass is 9.86. The van der Waals surface area contributed by atoms with Gasteiger partial charge in [0.1, 0.15) is 6.04 Å². The van der Waals surface area contributed by atoms with Crippen LogP contribution in [0.2, 0.25) is 0 Å². The van der Waals surface area contributed by atoms with Crippen LogP contribution in [0.3, 0.4) is 0 Å². The minimum atomic E-state index is -5.86. The Hall–Kier alpha value is -3.10. The second kappa shape index (κ2) is 12.1. The van der Waals surface area contributed by atoms with Crippen molar-refractivity contribution in [3.8, 4) is 0 Å². The van der Waals surface area contributed by atoms with Gasteiger partial charge in [-0.2, -0.15) is 26.3 Å². The summed E-state index contributed by atoms with van der Waals surface area (Å²) in [5, 5.41) is 8.89. The van der Waals surface area contributed by atoms with Gasteiger partial charge in [0.15, 0.2) is 0 Å². The maximum Gasteiger partial charge on any atom is 0.458 e. The third kappa shape index (κ3) is 7.35. The van der Waals surface area contributed by atoms with Crippen LogP contribution in [0.4, 0.5) is 22.0 Å². The molecular weight excluding hydrogens is 595 g/mol. The van der Waals surface area contributed by atoms with Crippen LogP contribution in [-0.2, 0) is 38.5 Å². The Kier molecular flexibility index (Phi) is 9.25. The summed E-state index contributed by atoms with van der Waals surface area (Å²) in [6, 6.07) is 6.33. The molecule has 4 rings (SSSR count). The molecule has 0 unspecified atom stereocenters. The van der Waals surface area contributed by atoms with Crippen LogP contribution < -0.4 is 16.0 Å². The highest BCUT2D eigenvalue weighted by Crippen LogP contribution is 2.44. The fourth-order valence-corrected chi connectivity index (χ4v) is 6.82. The fourth-order valence-electron chi connectivity index (χ4n) is 5.23. The lowest BCUT2D eigenvalue weighted by Gasteiger charge is -2.34. The van der Waals surface area contributed by atoms with Crippen molar-refractivity contribution >= 4 is 21.8 Å². The van der Waals surface area contributed by atoms with E-state index in [9.17, 15) is 40.0 Å². The fraction of sp³-hybridized carbons (Fsp3) is 0.517. The number of piperazine rings is 1. The third-order valence-corrected chi connectivity index (χ3v) is 9.44. The summed E-state index contributed by atoms with van der Waals surface area (Å²) >= 11 is 0. The molecule has 43 heavy (non-hydrogen) atoms. The molecule has 2 aromatic carbocycles. The maximum atomic E-state index is 13.7. The van der Waals surface area contributed by atoms with Gasteiger partial charge in [0, 0.05) is 30.7 Å². The van der Waals surface area contributed by atoms with Crippen LogP contribution >= 0.6 is 0 Å². The van der Waals surface area contributed by atoms with Gasteiger partial charge in [-0.25, -0.2) is 8.42 Å². The lowest BCUT2D eigenvalue weighted by molar-refractivity contribution is -0.289. The summed E-state index contributed by atoms with van der Waals surface area (Å²) in [4.78, 5) is 25.3. The van der Waals surface area contributed by atoms with E-state index < -0.39 is 56.9 Å². The number of nitrogens with one attached hydrogen (secondary N) is 3. The SMILES string of the molecule is CC(C)(C)NCc1ccc2c(c1)CCC[C@H]2NC(=O)C[C@@H]1C(=O)NCCN1S(=O)(=O)c1ccc(C(F)(F)C(F)(F)F)cc1. The molecule has 0 spiro atoms. The number of amides is 2. The van der Waals surface area contributed by atoms with E-state index >= 15 is 0 Å². The smallest absolute Gasteiger partial charge is 0.353 e. The molecule has 0 saturated carbocycles. The first-order valence-corrected chi connectivity index (χ1v) is 15.3. The summed E-state index contributed by atoms with van der Waals surface area (Å²) in [5.41, 5.74) is 1.69. The molecule has 236 valence electrons. The molecule has 0 radical (unpaired) electrons. The Morgan fingerprint density at radius 2 is 1.72 bits per heavy atom. The number of fused-ring (bicyclic) bond motifs is 1. The van der Waals surface area contributed by atoms with Crippen LogP contribution in [0.1, 0.15) is 68.3 Å². The number of rotatable bonds is 8. The molecule has 1 aliphatic carbocycles. The lowest BCUT2D eigenvalue weighted by Crippen LogP contribution is -2.58. The van der Waals surface area contributed by atoms with E-state index in [1.165, 1.54) is 0 Å². The van der Waals surface area contributed by atoms with Gasteiger partial charge in [-0.05, 0) is 68.9 Å². The van der Waals surface area contributed by atoms with E-state index in [0.29, 0.717) is 37.2 Å². The Balaban J connectivity index is 1.49. The summed E-state index contributed by atoms with van der Waals surface area (Å²) < 4.78 is 93.2. The van der Waals surface area contributed by atoms with Crippen LogP contribution in [0.15, 0.2) is 47.4 Å². The predicted octanol–water partition coefficient (Wildman–Crippen LogP) is 4.30. The molecule has 1 heterocycles. The van der Waals surface area contributed by atoms with Crippen molar-refractivity contribution in [1.82, 2.24) is 20.3 Å². The number of hydrogen-bond acceptors (Lipinski definition) is 5. The van der Waals surface area contributed by atoms with Crippen LogP contribution in [0.5, 0.6) is 0 Å². The summed E-state index contributed by atoms with van der Waals surface area (Å²) in [7, 11) is -4.53. The van der Waals surface area contributed by atoms with Crippen molar-refractivity contribution in [2.45, 2.75) is 87.6 Å². The molecule has 8 nitrogen and oxygen atoms in total. The molecule has 3 N–H and O–H groups in total. The van der Waals surface area contributed by atoms with E-state index in [0.717, 1.165) is 33.8 Å². The molecule has 1 aliphatic heterocycles.